The molecule has 4 heteroatoms. The quantitative estimate of drug-likeness (QED) is 0.0797. The van der Waals surface area contributed by atoms with Crippen molar-refractivity contribution in [1.82, 2.24) is 0 Å². The fourth-order valence-corrected chi connectivity index (χ4v) is 8.04. The molecule has 0 radical (unpaired) electrons. The maximum Gasteiger partial charge on any atom is 0.310 e. The molecular formula is C39H74O4. The number of carboxylic acids is 2. The molecule has 4 nitrogen and oxygen atoms in total. The monoisotopic (exact) mass is 607 g/mol. The molecule has 0 bridgehead atoms. The van der Waals surface area contributed by atoms with E-state index in [4.69, 9.17) is 0 Å². The average molecular weight is 607 g/mol. The first-order chi connectivity index (χ1) is 20.9. The molecule has 254 valence electrons. The van der Waals surface area contributed by atoms with Crippen molar-refractivity contribution in [3.05, 3.63) is 0 Å². The first-order valence-corrected chi connectivity index (χ1v) is 19.3. The summed E-state index contributed by atoms with van der Waals surface area (Å²) in [6, 6.07) is 0. The summed E-state index contributed by atoms with van der Waals surface area (Å²) in [5, 5.41) is 21.2. The Labute approximate surface area is 268 Å². The molecular weight excluding hydrogens is 532 g/mol. The number of aliphatic carboxylic acids is 2. The van der Waals surface area contributed by atoms with Gasteiger partial charge in [0.25, 0.3) is 0 Å². The number of carboxylic acid groups (broad SMARTS) is 2. The number of hydrogen-bond donors (Lipinski definition) is 2. The maximum atomic E-state index is 13.0. The second-order valence-corrected chi connectivity index (χ2v) is 14.6. The molecule has 1 saturated carbocycles. The molecule has 0 saturated heterocycles. The van der Waals surface area contributed by atoms with Gasteiger partial charge < -0.3 is 10.2 Å². The highest BCUT2D eigenvalue weighted by Gasteiger charge is 2.62. The second kappa shape index (κ2) is 25.2. The van der Waals surface area contributed by atoms with Gasteiger partial charge in [-0.05, 0) is 38.0 Å². The summed E-state index contributed by atoms with van der Waals surface area (Å²) in [6.45, 7) is 6.65. The van der Waals surface area contributed by atoms with Crippen LogP contribution < -0.4 is 0 Å². The molecule has 1 rings (SSSR count). The van der Waals surface area contributed by atoms with Gasteiger partial charge in [0, 0.05) is 0 Å². The fourth-order valence-electron chi connectivity index (χ4n) is 8.04. The Kier molecular flexibility index (Phi) is 23.4. The molecule has 0 amide bonds. The lowest BCUT2D eigenvalue weighted by molar-refractivity contribution is -0.185. The van der Waals surface area contributed by atoms with E-state index in [1.54, 1.807) is 0 Å². The van der Waals surface area contributed by atoms with Gasteiger partial charge in [0.15, 0.2) is 0 Å². The van der Waals surface area contributed by atoms with E-state index in [9.17, 15) is 19.8 Å². The zero-order valence-electron chi connectivity index (χ0n) is 29.2. The highest BCUT2D eigenvalue weighted by atomic mass is 16.4. The van der Waals surface area contributed by atoms with Crippen LogP contribution >= 0.6 is 0 Å². The number of carbonyl (C=O) groups is 2. The SMILES string of the molecule is CCCCCCCCCCCCCCCC1(C(=O)O)CCC(C)CC1(CCCCCCCCCCCCCCC)C(=O)O. The van der Waals surface area contributed by atoms with Crippen LogP contribution in [0.3, 0.4) is 0 Å². The summed E-state index contributed by atoms with van der Waals surface area (Å²) in [5.41, 5.74) is -2.23. The molecule has 3 atom stereocenters. The van der Waals surface area contributed by atoms with Gasteiger partial charge in [0.2, 0.25) is 0 Å². The highest BCUT2D eigenvalue weighted by molar-refractivity contribution is 5.87. The van der Waals surface area contributed by atoms with Crippen LogP contribution in [0, 0.1) is 16.7 Å². The molecule has 0 heterocycles. The molecule has 0 aromatic heterocycles. The standard InChI is InChI=1S/C39H74O4/c1-4-6-8-10-12-14-16-18-20-22-24-26-28-31-38(36(40)41)33-30-35(3)34-39(38,37(42)43)32-29-27-25-23-21-19-17-15-13-11-9-7-5-2/h35H,4-34H2,1-3H3,(H,40,41)(H,42,43). The van der Waals surface area contributed by atoms with Crippen molar-refractivity contribution in [2.24, 2.45) is 16.7 Å². The predicted molar refractivity (Wildman–Crippen MR) is 184 cm³/mol. The number of hydrogen-bond acceptors (Lipinski definition) is 2. The Morgan fingerprint density at radius 3 is 1.07 bits per heavy atom. The molecule has 0 spiro atoms. The Hall–Kier alpha value is -1.06. The van der Waals surface area contributed by atoms with Crippen molar-refractivity contribution in [1.29, 1.82) is 0 Å². The zero-order chi connectivity index (χ0) is 31.7. The van der Waals surface area contributed by atoms with Crippen LogP contribution in [0.2, 0.25) is 0 Å². The van der Waals surface area contributed by atoms with Crippen LogP contribution in [0.15, 0.2) is 0 Å². The minimum absolute atomic E-state index is 0.275. The fraction of sp³-hybridized carbons (Fsp3) is 0.949. The van der Waals surface area contributed by atoms with E-state index in [2.05, 4.69) is 20.8 Å². The molecule has 2 N–H and O–H groups in total. The Balaban J connectivity index is 2.43. The molecule has 0 aromatic rings. The Bertz CT molecular complexity index is 691. The molecule has 43 heavy (non-hydrogen) atoms. The van der Waals surface area contributed by atoms with Crippen LogP contribution in [-0.4, -0.2) is 22.2 Å². The maximum absolute atomic E-state index is 13.0. The van der Waals surface area contributed by atoms with Crippen LogP contribution in [-0.2, 0) is 9.59 Å². The van der Waals surface area contributed by atoms with Crippen LogP contribution in [0.5, 0.6) is 0 Å². The first-order valence-electron chi connectivity index (χ1n) is 19.3. The van der Waals surface area contributed by atoms with E-state index < -0.39 is 22.8 Å². The Morgan fingerprint density at radius 1 is 0.488 bits per heavy atom. The summed E-state index contributed by atoms with van der Waals surface area (Å²) < 4.78 is 0. The third kappa shape index (κ3) is 15.7. The third-order valence-corrected chi connectivity index (χ3v) is 10.9. The summed E-state index contributed by atoms with van der Waals surface area (Å²) in [7, 11) is 0. The Morgan fingerprint density at radius 2 is 0.767 bits per heavy atom. The highest BCUT2D eigenvalue weighted by Crippen LogP contribution is 2.58. The van der Waals surface area contributed by atoms with Gasteiger partial charge in [0.1, 0.15) is 0 Å². The minimum Gasteiger partial charge on any atom is -0.481 e. The van der Waals surface area contributed by atoms with Gasteiger partial charge in [-0.25, -0.2) is 0 Å². The van der Waals surface area contributed by atoms with Gasteiger partial charge in [-0.15, -0.1) is 0 Å². The van der Waals surface area contributed by atoms with Crippen molar-refractivity contribution in [2.45, 2.75) is 220 Å². The average Bonchev–Trinajstić information content (AvgIpc) is 2.98. The molecule has 0 aliphatic heterocycles. The summed E-state index contributed by atoms with van der Waals surface area (Å²) >= 11 is 0. The lowest BCUT2D eigenvalue weighted by Crippen LogP contribution is -2.56. The van der Waals surface area contributed by atoms with Crippen LogP contribution in [0.4, 0.5) is 0 Å². The van der Waals surface area contributed by atoms with E-state index in [0.29, 0.717) is 25.7 Å². The lowest BCUT2D eigenvalue weighted by atomic mass is 9.50. The largest absolute Gasteiger partial charge is 0.481 e. The zero-order valence-corrected chi connectivity index (χ0v) is 29.2. The lowest BCUT2D eigenvalue weighted by Gasteiger charge is -2.50. The van der Waals surface area contributed by atoms with Crippen LogP contribution in [0.25, 0.3) is 0 Å². The molecule has 1 aliphatic rings. The molecule has 1 aliphatic carbocycles. The summed E-state index contributed by atoms with van der Waals surface area (Å²) in [4.78, 5) is 25.9. The topological polar surface area (TPSA) is 74.6 Å². The van der Waals surface area contributed by atoms with Crippen molar-refractivity contribution >= 4 is 11.9 Å². The van der Waals surface area contributed by atoms with Gasteiger partial charge in [-0.1, -0.05) is 188 Å². The first kappa shape index (κ1) is 40.0. The van der Waals surface area contributed by atoms with Gasteiger partial charge in [-0.3, -0.25) is 9.59 Å². The van der Waals surface area contributed by atoms with Gasteiger partial charge >= 0.3 is 11.9 Å². The smallest absolute Gasteiger partial charge is 0.310 e. The second-order valence-electron chi connectivity index (χ2n) is 14.6. The summed E-state index contributed by atoms with van der Waals surface area (Å²) in [5.74, 6) is -1.43. The summed E-state index contributed by atoms with van der Waals surface area (Å²) in [6.07, 6.45) is 35.6. The van der Waals surface area contributed by atoms with Crippen molar-refractivity contribution in [3.63, 3.8) is 0 Å². The molecule has 0 aromatic carbocycles. The van der Waals surface area contributed by atoms with E-state index in [1.165, 1.54) is 128 Å². The van der Waals surface area contributed by atoms with Gasteiger partial charge in [0.05, 0.1) is 10.8 Å². The van der Waals surface area contributed by atoms with Crippen LogP contribution in [0.1, 0.15) is 220 Å². The van der Waals surface area contributed by atoms with E-state index in [0.717, 1.165) is 44.9 Å². The van der Waals surface area contributed by atoms with Crippen molar-refractivity contribution < 1.29 is 19.8 Å². The predicted octanol–water partition coefficient (Wildman–Crippen LogP) is 12.9. The van der Waals surface area contributed by atoms with Gasteiger partial charge in [-0.2, -0.15) is 0 Å². The van der Waals surface area contributed by atoms with Crippen molar-refractivity contribution in [2.75, 3.05) is 0 Å². The molecule has 1 fully saturated rings. The normalized spacial score (nSPS) is 22.2. The third-order valence-electron chi connectivity index (χ3n) is 10.9. The van der Waals surface area contributed by atoms with E-state index in [-0.39, 0.29) is 5.92 Å². The number of rotatable bonds is 30. The van der Waals surface area contributed by atoms with E-state index in [1.807, 2.05) is 0 Å². The molecule has 3 unspecified atom stereocenters. The van der Waals surface area contributed by atoms with E-state index >= 15 is 0 Å². The van der Waals surface area contributed by atoms with Crippen molar-refractivity contribution in [3.8, 4) is 0 Å². The minimum atomic E-state index is -1.12. The number of unbranched alkanes of at least 4 members (excludes halogenated alkanes) is 24.